The lowest BCUT2D eigenvalue weighted by molar-refractivity contribution is 0.218. The Morgan fingerprint density at radius 3 is 2.71 bits per heavy atom. The Morgan fingerprint density at radius 2 is 2.12 bits per heavy atom. The van der Waals surface area contributed by atoms with Gasteiger partial charge in [0.15, 0.2) is 0 Å². The SMILES string of the molecule is CC(C)(C)c1cc(Cl)ccc1O[C@@H]1CCNC1. The van der Waals surface area contributed by atoms with E-state index in [9.17, 15) is 0 Å². The zero-order valence-electron chi connectivity index (χ0n) is 10.7. The van der Waals surface area contributed by atoms with Crippen molar-refractivity contribution in [1.29, 1.82) is 0 Å². The van der Waals surface area contributed by atoms with E-state index in [2.05, 4.69) is 26.1 Å². The highest BCUT2D eigenvalue weighted by Crippen LogP contribution is 2.34. The molecule has 1 saturated heterocycles. The van der Waals surface area contributed by atoms with Crippen molar-refractivity contribution in [2.75, 3.05) is 13.1 Å². The average Bonchev–Trinajstić information content (AvgIpc) is 2.72. The number of halogens is 1. The molecule has 0 amide bonds. The molecule has 94 valence electrons. The lowest BCUT2D eigenvalue weighted by Gasteiger charge is -2.24. The Kier molecular flexibility index (Phi) is 3.64. The van der Waals surface area contributed by atoms with Crippen molar-refractivity contribution in [1.82, 2.24) is 5.32 Å². The highest BCUT2D eigenvalue weighted by molar-refractivity contribution is 6.30. The molecule has 0 aromatic heterocycles. The molecular weight excluding hydrogens is 234 g/mol. The molecular formula is C14H20ClNO. The summed E-state index contributed by atoms with van der Waals surface area (Å²) in [6.07, 6.45) is 1.36. The summed E-state index contributed by atoms with van der Waals surface area (Å²) < 4.78 is 6.07. The van der Waals surface area contributed by atoms with E-state index in [4.69, 9.17) is 16.3 Å². The van der Waals surface area contributed by atoms with E-state index in [1.165, 1.54) is 5.56 Å². The van der Waals surface area contributed by atoms with Crippen LogP contribution >= 0.6 is 11.6 Å². The Labute approximate surface area is 108 Å². The fourth-order valence-corrected chi connectivity index (χ4v) is 2.27. The average molecular weight is 254 g/mol. The third-order valence-corrected chi connectivity index (χ3v) is 3.29. The van der Waals surface area contributed by atoms with Gasteiger partial charge in [0.1, 0.15) is 11.9 Å². The maximum atomic E-state index is 6.07. The van der Waals surface area contributed by atoms with Crippen molar-refractivity contribution in [3.05, 3.63) is 28.8 Å². The first-order valence-electron chi connectivity index (χ1n) is 6.14. The zero-order chi connectivity index (χ0) is 12.5. The molecule has 2 nitrogen and oxygen atoms in total. The maximum Gasteiger partial charge on any atom is 0.123 e. The van der Waals surface area contributed by atoms with Gasteiger partial charge in [0.2, 0.25) is 0 Å². The Hall–Kier alpha value is -0.730. The summed E-state index contributed by atoms with van der Waals surface area (Å²) in [6.45, 7) is 8.52. The second-order valence-electron chi connectivity index (χ2n) is 5.62. The van der Waals surface area contributed by atoms with Crippen LogP contribution in [0.2, 0.25) is 5.02 Å². The van der Waals surface area contributed by atoms with Crippen molar-refractivity contribution in [3.63, 3.8) is 0 Å². The largest absolute Gasteiger partial charge is 0.489 e. The first-order valence-corrected chi connectivity index (χ1v) is 6.52. The summed E-state index contributed by atoms with van der Waals surface area (Å²) in [5.74, 6) is 0.968. The number of hydrogen-bond donors (Lipinski definition) is 1. The van der Waals surface area contributed by atoms with Crippen molar-refractivity contribution < 1.29 is 4.74 Å². The topological polar surface area (TPSA) is 21.3 Å². The third-order valence-electron chi connectivity index (χ3n) is 3.06. The molecule has 0 saturated carbocycles. The molecule has 1 aliphatic rings. The number of rotatable bonds is 2. The molecule has 3 heteroatoms. The minimum atomic E-state index is 0.0479. The number of nitrogens with one attached hydrogen (secondary N) is 1. The number of ether oxygens (including phenoxy) is 1. The maximum absolute atomic E-state index is 6.07. The Morgan fingerprint density at radius 1 is 1.35 bits per heavy atom. The highest BCUT2D eigenvalue weighted by atomic mass is 35.5. The van der Waals surface area contributed by atoms with Crippen LogP contribution in [0.3, 0.4) is 0 Å². The van der Waals surface area contributed by atoms with Crippen LogP contribution in [-0.4, -0.2) is 19.2 Å². The molecule has 1 aromatic carbocycles. The first-order chi connectivity index (χ1) is 7.97. The van der Waals surface area contributed by atoms with E-state index < -0.39 is 0 Å². The quantitative estimate of drug-likeness (QED) is 0.873. The predicted molar refractivity (Wildman–Crippen MR) is 72.1 cm³/mol. The Bertz CT molecular complexity index is 392. The van der Waals surface area contributed by atoms with Crippen molar-refractivity contribution in [2.24, 2.45) is 0 Å². The summed E-state index contributed by atoms with van der Waals surface area (Å²) in [6, 6.07) is 5.90. The van der Waals surface area contributed by atoms with Crippen LogP contribution in [-0.2, 0) is 5.41 Å². The van der Waals surface area contributed by atoms with Crippen molar-refractivity contribution >= 4 is 11.6 Å². The molecule has 2 rings (SSSR count). The van der Waals surface area contributed by atoms with Crippen LogP contribution in [0.15, 0.2) is 18.2 Å². The van der Waals surface area contributed by atoms with Gasteiger partial charge in [-0.25, -0.2) is 0 Å². The van der Waals surface area contributed by atoms with Gasteiger partial charge in [-0.15, -0.1) is 0 Å². The van der Waals surface area contributed by atoms with E-state index in [1.807, 2.05) is 18.2 Å². The van der Waals surface area contributed by atoms with E-state index in [1.54, 1.807) is 0 Å². The number of hydrogen-bond acceptors (Lipinski definition) is 2. The lowest BCUT2D eigenvalue weighted by atomic mass is 9.86. The van der Waals surface area contributed by atoms with Gasteiger partial charge in [-0.3, -0.25) is 0 Å². The summed E-state index contributed by atoms with van der Waals surface area (Å²) in [5, 5.41) is 4.08. The second-order valence-corrected chi connectivity index (χ2v) is 6.06. The minimum Gasteiger partial charge on any atom is -0.489 e. The second kappa shape index (κ2) is 4.87. The van der Waals surface area contributed by atoms with Crippen LogP contribution in [0.4, 0.5) is 0 Å². The van der Waals surface area contributed by atoms with E-state index in [0.717, 1.165) is 30.3 Å². The predicted octanol–water partition coefficient (Wildman–Crippen LogP) is 3.38. The summed E-state index contributed by atoms with van der Waals surface area (Å²) in [4.78, 5) is 0. The van der Waals surface area contributed by atoms with Crippen molar-refractivity contribution in [3.8, 4) is 5.75 Å². The van der Waals surface area contributed by atoms with Gasteiger partial charge in [0.05, 0.1) is 0 Å². The normalized spacial score (nSPS) is 20.6. The molecule has 0 radical (unpaired) electrons. The fraction of sp³-hybridized carbons (Fsp3) is 0.571. The Balaban J connectivity index is 2.25. The van der Waals surface area contributed by atoms with Gasteiger partial charge in [-0.1, -0.05) is 32.4 Å². The van der Waals surface area contributed by atoms with Crippen LogP contribution in [0.5, 0.6) is 5.75 Å². The first kappa shape index (κ1) is 12.7. The van der Waals surface area contributed by atoms with Crippen LogP contribution < -0.4 is 10.1 Å². The highest BCUT2D eigenvalue weighted by Gasteiger charge is 2.23. The van der Waals surface area contributed by atoms with Crippen LogP contribution in [0.25, 0.3) is 0 Å². The smallest absolute Gasteiger partial charge is 0.123 e. The minimum absolute atomic E-state index is 0.0479. The van der Waals surface area contributed by atoms with Gasteiger partial charge >= 0.3 is 0 Å². The molecule has 1 aliphatic heterocycles. The van der Waals surface area contributed by atoms with E-state index >= 15 is 0 Å². The third kappa shape index (κ3) is 3.14. The van der Waals surface area contributed by atoms with E-state index in [0.29, 0.717) is 0 Å². The molecule has 1 aromatic rings. The van der Waals surface area contributed by atoms with Gasteiger partial charge in [-0.2, -0.15) is 0 Å². The molecule has 0 spiro atoms. The fourth-order valence-electron chi connectivity index (χ4n) is 2.10. The van der Waals surface area contributed by atoms with Crippen LogP contribution in [0, 0.1) is 0 Å². The molecule has 1 N–H and O–H groups in total. The number of benzene rings is 1. The zero-order valence-corrected chi connectivity index (χ0v) is 11.5. The van der Waals surface area contributed by atoms with Gasteiger partial charge in [0.25, 0.3) is 0 Å². The van der Waals surface area contributed by atoms with E-state index in [-0.39, 0.29) is 11.5 Å². The van der Waals surface area contributed by atoms with Crippen LogP contribution in [0.1, 0.15) is 32.8 Å². The summed E-state index contributed by atoms with van der Waals surface area (Å²) in [5.41, 5.74) is 1.23. The molecule has 1 atom stereocenters. The molecule has 0 aliphatic carbocycles. The standard InChI is InChI=1S/C14H20ClNO/c1-14(2,3)12-8-10(15)4-5-13(12)17-11-6-7-16-9-11/h4-5,8,11,16H,6-7,9H2,1-3H3/t11-/m1/s1. The molecule has 0 unspecified atom stereocenters. The summed E-state index contributed by atoms with van der Waals surface area (Å²) >= 11 is 6.07. The van der Waals surface area contributed by atoms with Crippen molar-refractivity contribution in [2.45, 2.75) is 38.7 Å². The molecule has 0 bridgehead atoms. The molecule has 1 fully saturated rings. The molecule has 17 heavy (non-hydrogen) atoms. The van der Waals surface area contributed by atoms with Gasteiger partial charge < -0.3 is 10.1 Å². The summed E-state index contributed by atoms with van der Waals surface area (Å²) in [7, 11) is 0. The van der Waals surface area contributed by atoms with Gasteiger partial charge in [0, 0.05) is 17.1 Å². The lowest BCUT2D eigenvalue weighted by Crippen LogP contribution is -2.22. The van der Waals surface area contributed by atoms with Gasteiger partial charge in [-0.05, 0) is 36.6 Å². The monoisotopic (exact) mass is 253 g/mol. The molecule has 1 heterocycles.